The summed E-state index contributed by atoms with van der Waals surface area (Å²) < 4.78 is 2.38. The van der Waals surface area contributed by atoms with Crippen LogP contribution in [0.15, 0.2) is 60.9 Å². The van der Waals surface area contributed by atoms with Gasteiger partial charge in [-0.2, -0.15) is 4.57 Å². The van der Waals surface area contributed by atoms with E-state index in [0.717, 1.165) is 17.4 Å². The fourth-order valence-electron chi connectivity index (χ4n) is 6.04. The molecule has 1 fully saturated rings. The Balaban J connectivity index is 1.58. The topological polar surface area (TPSA) is 16.8 Å². The van der Waals surface area contributed by atoms with Crippen molar-refractivity contribution in [2.24, 2.45) is 7.05 Å². The van der Waals surface area contributed by atoms with Gasteiger partial charge in [-0.3, -0.25) is 4.98 Å². The molecular formula is C29H29N2+. The number of aryl methyl sites for hydroxylation is 2. The van der Waals surface area contributed by atoms with Crippen molar-refractivity contribution in [2.45, 2.75) is 51.4 Å². The van der Waals surface area contributed by atoms with Crippen LogP contribution in [0.4, 0.5) is 0 Å². The van der Waals surface area contributed by atoms with E-state index >= 15 is 0 Å². The van der Waals surface area contributed by atoms with Crippen LogP contribution in [0.5, 0.6) is 0 Å². The molecule has 0 N–H and O–H groups in total. The Hall–Kier alpha value is -3.00. The van der Waals surface area contributed by atoms with Gasteiger partial charge in [-0.05, 0) is 96.3 Å². The Morgan fingerprint density at radius 1 is 0.839 bits per heavy atom. The Morgan fingerprint density at radius 3 is 2.29 bits per heavy atom. The summed E-state index contributed by atoms with van der Waals surface area (Å²) in [5.74, 6) is 1.55. The average Bonchev–Trinajstić information content (AvgIpc) is 2.81. The molecule has 0 atom stereocenters. The third-order valence-corrected chi connectivity index (χ3v) is 7.82. The highest BCUT2D eigenvalue weighted by atomic mass is 14.9. The second kappa shape index (κ2) is 7.02. The zero-order chi connectivity index (χ0) is 21.1. The van der Waals surface area contributed by atoms with Crippen molar-refractivity contribution in [3.8, 4) is 22.4 Å². The zero-order valence-corrected chi connectivity index (χ0v) is 18.7. The molecule has 3 aliphatic carbocycles. The monoisotopic (exact) mass is 405 g/mol. The number of rotatable bonds is 2. The van der Waals surface area contributed by atoms with Crippen molar-refractivity contribution in [1.29, 1.82) is 0 Å². The van der Waals surface area contributed by atoms with E-state index in [1.807, 2.05) is 18.5 Å². The highest BCUT2D eigenvalue weighted by Gasteiger charge is 2.34. The maximum Gasteiger partial charge on any atom is 0.220 e. The zero-order valence-electron chi connectivity index (χ0n) is 18.7. The van der Waals surface area contributed by atoms with Crippen molar-refractivity contribution < 1.29 is 4.57 Å². The van der Waals surface area contributed by atoms with Crippen LogP contribution in [-0.2, 0) is 7.05 Å². The van der Waals surface area contributed by atoms with E-state index in [1.165, 1.54) is 64.5 Å². The van der Waals surface area contributed by atoms with Crippen LogP contribution >= 0.6 is 0 Å². The number of hydrogen-bond donors (Lipinski definition) is 0. The van der Waals surface area contributed by atoms with Crippen molar-refractivity contribution in [3.63, 3.8) is 0 Å². The highest BCUT2D eigenvalue weighted by Crippen LogP contribution is 2.50. The molecule has 2 nitrogen and oxygen atoms in total. The van der Waals surface area contributed by atoms with Crippen molar-refractivity contribution in [3.05, 3.63) is 83.3 Å². The Labute approximate surface area is 184 Å². The minimum Gasteiger partial charge on any atom is -0.264 e. The Bertz CT molecular complexity index is 1310. The molecule has 2 aromatic heterocycles. The average molecular weight is 406 g/mol. The molecule has 1 saturated carbocycles. The fourth-order valence-corrected chi connectivity index (χ4v) is 6.04. The van der Waals surface area contributed by atoms with Crippen LogP contribution in [0.25, 0.3) is 33.2 Å². The summed E-state index contributed by atoms with van der Waals surface area (Å²) in [6.07, 6.45) is 9.28. The van der Waals surface area contributed by atoms with Gasteiger partial charge in [0, 0.05) is 30.9 Å². The normalized spacial score (nSPS) is 19.6. The molecule has 2 heteroatoms. The first-order valence-corrected chi connectivity index (χ1v) is 11.6. The predicted molar refractivity (Wildman–Crippen MR) is 127 cm³/mol. The lowest BCUT2D eigenvalue weighted by Gasteiger charge is -2.38. The summed E-state index contributed by atoms with van der Waals surface area (Å²) in [4.78, 5) is 4.30. The lowest BCUT2D eigenvalue weighted by atomic mass is 9.66. The van der Waals surface area contributed by atoms with Crippen LogP contribution in [0.3, 0.4) is 0 Å². The smallest absolute Gasteiger partial charge is 0.220 e. The summed E-state index contributed by atoms with van der Waals surface area (Å²) in [5.41, 5.74) is 11.1. The van der Waals surface area contributed by atoms with E-state index in [9.17, 15) is 0 Å². The summed E-state index contributed by atoms with van der Waals surface area (Å²) in [6.45, 7) is 4.52. The maximum absolute atomic E-state index is 4.30. The van der Waals surface area contributed by atoms with Gasteiger partial charge in [0.25, 0.3) is 0 Å². The number of nitrogens with zero attached hydrogens (tertiary/aromatic N) is 2. The van der Waals surface area contributed by atoms with Crippen molar-refractivity contribution in [2.75, 3.05) is 0 Å². The summed E-state index contributed by atoms with van der Waals surface area (Å²) >= 11 is 0. The Kier molecular flexibility index (Phi) is 4.24. The SMILES string of the molecule is Cc1cc2c(cc1-c1c3ccc(-c4cccnc4)cc3cc(C)[n+]1C)C1CCC2CC1. The van der Waals surface area contributed by atoms with Gasteiger partial charge in [0.05, 0.1) is 10.9 Å². The standard InChI is InChI=1S/C29H29N2/c1-18-13-27-20-6-8-21(9-7-20)28(27)16-26(18)29-25-11-10-22(23-5-4-12-30-17-23)15-24(25)14-19(2)31(29)3/h4-5,10-17,20-21H,6-9H2,1-3H3/q+1. The summed E-state index contributed by atoms with van der Waals surface area (Å²) in [7, 11) is 2.21. The quantitative estimate of drug-likeness (QED) is 0.336. The lowest BCUT2D eigenvalue weighted by molar-refractivity contribution is -0.665. The van der Waals surface area contributed by atoms with Gasteiger partial charge >= 0.3 is 0 Å². The molecule has 2 heterocycles. The molecular weight excluding hydrogens is 376 g/mol. The van der Waals surface area contributed by atoms with Crippen molar-refractivity contribution in [1.82, 2.24) is 4.98 Å². The van der Waals surface area contributed by atoms with Gasteiger partial charge in [0.2, 0.25) is 5.69 Å². The van der Waals surface area contributed by atoms with Gasteiger partial charge in [-0.25, -0.2) is 0 Å². The molecule has 2 aromatic carbocycles. The molecule has 0 aliphatic heterocycles. The highest BCUT2D eigenvalue weighted by molar-refractivity contribution is 5.96. The predicted octanol–water partition coefficient (Wildman–Crippen LogP) is 6.76. The molecule has 2 bridgehead atoms. The summed E-state index contributed by atoms with van der Waals surface area (Å²) in [6, 6.07) is 18.4. The van der Waals surface area contributed by atoms with E-state index in [0.29, 0.717) is 0 Å². The van der Waals surface area contributed by atoms with Gasteiger partial charge in [-0.1, -0.05) is 18.2 Å². The van der Waals surface area contributed by atoms with E-state index < -0.39 is 0 Å². The number of fused-ring (bicyclic) bond motifs is 3. The molecule has 0 spiro atoms. The van der Waals surface area contributed by atoms with Gasteiger partial charge in [0.1, 0.15) is 7.05 Å². The molecule has 0 radical (unpaired) electrons. The first kappa shape index (κ1) is 18.7. The number of pyridine rings is 2. The van der Waals surface area contributed by atoms with E-state index in [4.69, 9.17) is 0 Å². The first-order valence-electron chi connectivity index (χ1n) is 11.6. The second-order valence-corrected chi connectivity index (χ2v) is 9.58. The molecule has 31 heavy (non-hydrogen) atoms. The third kappa shape index (κ3) is 2.92. The van der Waals surface area contributed by atoms with Gasteiger partial charge in [0.15, 0.2) is 5.69 Å². The van der Waals surface area contributed by atoms with Crippen LogP contribution in [0.2, 0.25) is 0 Å². The van der Waals surface area contributed by atoms with Gasteiger partial charge in [-0.15, -0.1) is 0 Å². The minimum absolute atomic E-state index is 0.762. The second-order valence-electron chi connectivity index (χ2n) is 9.58. The van der Waals surface area contributed by atoms with E-state index in [2.05, 4.69) is 72.9 Å². The van der Waals surface area contributed by atoms with Crippen LogP contribution in [0.1, 0.15) is 59.9 Å². The van der Waals surface area contributed by atoms with E-state index in [-0.39, 0.29) is 0 Å². The maximum atomic E-state index is 4.30. The molecule has 3 aliphatic rings. The van der Waals surface area contributed by atoms with E-state index in [1.54, 1.807) is 11.1 Å². The number of aromatic nitrogens is 2. The molecule has 0 amide bonds. The number of hydrogen-bond acceptors (Lipinski definition) is 1. The van der Waals surface area contributed by atoms with Crippen LogP contribution < -0.4 is 4.57 Å². The minimum atomic E-state index is 0.762. The summed E-state index contributed by atoms with van der Waals surface area (Å²) in [5, 5.41) is 2.62. The van der Waals surface area contributed by atoms with Crippen LogP contribution in [-0.4, -0.2) is 4.98 Å². The largest absolute Gasteiger partial charge is 0.264 e. The molecule has 7 rings (SSSR count). The Morgan fingerprint density at radius 2 is 1.58 bits per heavy atom. The first-order chi connectivity index (χ1) is 15.1. The lowest BCUT2D eigenvalue weighted by Crippen LogP contribution is -2.35. The molecule has 4 aromatic rings. The van der Waals surface area contributed by atoms with Gasteiger partial charge < -0.3 is 0 Å². The van der Waals surface area contributed by atoms with Crippen molar-refractivity contribution >= 4 is 10.8 Å². The number of benzene rings is 2. The van der Waals surface area contributed by atoms with Crippen LogP contribution in [0, 0.1) is 13.8 Å². The molecule has 0 saturated heterocycles. The fraction of sp³-hybridized carbons (Fsp3) is 0.310. The molecule has 154 valence electrons. The third-order valence-electron chi connectivity index (χ3n) is 7.82. The molecule has 0 unspecified atom stereocenters.